The Balaban J connectivity index is 1.85. The normalized spacial score (nSPS) is 26.6. The number of amides is 1. The highest BCUT2D eigenvalue weighted by Gasteiger charge is 2.40. The monoisotopic (exact) mass is 298 g/mol. The second-order valence-electron chi connectivity index (χ2n) is 5.66. The number of methoxy groups -OCH3 is 1. The number of rotatable bonds is 4. The van der Waals surface area contributed by atoms with E-state index in [-0.39, 0.29) is 24.3 Å². The Morgan fingerprint density at radius 2 is 1.71 bits per heavy atom. The first-order valence-corrected chi connectivity index (χ1v) is 7.33. The molecule has 1 saturated heterocycles. The average Bonchev–Trinajstić information content (AvgIpc) is 2.96. The highest BCUT2D eigenvalue weighted by Crippen LogP contribution is 2.33. The van der Waals surface area contributed by atoms with Crippen LogP contribution in [0.3, 0.4) is 0 Å². The van der Waals surface area contributed by atoms with E-state index < -0.39 is 11.9 Å². The van der Waals surface area contributed by atoms with Gasteiger partial charge in [0.25, 0.3) is 0 Å². The quantitative estimate of drug-likeness (QED) is 0.724. The Bertz CT molecular complexity index is 418. The molecule has 0 aromatic carbocycles. The summed E-state index contributed by atoms with van der Waals surface area (Å²) in [6.45, 7) is 2.55. The van der Waals surface area contributed by atoms with Crippen molar-refractivity contribution < 1.29 is 24.2 Å². The van der Waals surface area contributed by atoms with Crippen LogP contribution in [0, 0.1) is 11.8 Å². The van der Waals surface area contributed by atoms with Crippen molar-refractivity contribution in [2.24, 2.45) is 11.8 Å². The molecule has 7 nitrogen and oxygen atoms in total. The molecule has 0 aromatic rings. The Hall–Kier alpha value is -1.63. The average molecular weight is 298 g/mol. The molecule has 7 heteroatoms. The first-order valence-electron chi connectivity index (χ1n) is 7.33. The first kappa shape index (κ1) is 15.8. The zero-order valence-corrected chi connectivity index (χ0v) is 12.3. The van der Waals surface area contributed by atoms with Gasteiger partial charge in [-0.15, -0.1) is 0 Å². The Kier molecular flexibility index (Phi) is 5.17. The van der Waals surface area contributed by atoms with Gasteiger partial charge < -0.3 is 14.7 Å². The molecule has 1 N–H and O–H groups in total. The van der Waals surface area contributed by atoms with Gasteiger partial charge in [0.15, 0.2) is 0 Å². The molecule has 1 saturated carbocycles. The molecule has 2 unspecified atom stereocenters. The number of esters is 1. The summed E-state index contributed by atoms with van der Waals surface area (Å²) >= 11 is 0. The molecular weight excluding hydrogens is 276 g/mol. The maximum atomic E-state index is 12.5. The lowest BCUT2D eigenvalue weighted by atomic mass is 9.94. The third kappa shape index (κ3) is 3.72. The first-order chi connectivity index (χ1) is 10.0. The minimum absolute atomic E-state index is 0.0439. The Labute approximate surface area is 123 Å². The van der Waals surface area contributed by atoms with E-state index in [4.69, 9.17) is 5.11 Å². The molecule has 21 heavy (non-hydrogen) atoms. The van der Waals surface area contributed by atoms with Crippen molar-refractivity contribution in [1.82, 2.24) is 9.80 Å². The van der Waals surface area contributed by atoms with Crippen LogP contribution < -0.4 is 0 Å². The summed E-state index contributed by atoms with van der Waals surface area (Å²) in [5.41, 5.74) is 0. The maximum Gasteiger partial charge on any atom is 0.319 e. The molecule has 0 aromatic heterocycles. The van der Waals surface area contributed by atoms with Crippen molar-refractivity contribution in [3.8, 4) is 0 Å². The minimum Gasteiger partial charge on any atom is -0.481 e. The molecule has 1 amide bonds. The lowest BCUT2D eigenvalue weighted by molar-refractivity contribution is -0.150. The van der Waals surface area contributed by atoms with Gasteiger partial charge in [-0.2, -0.15) is 0 Å². The summed E-state index contributed by atoms with van der Waals surface area (Å²) in [5, 5.41) is 9.17. The molecular formula is C14H22N2O5. The van der Waals surface area contributed by atoms with Crippen LogP contribution in [0.15, 0.2) is 0 Å². The maximum absolute atomic E-state index is 12.5. The van der Waals surface area contributed by atoms with E-state index >= 15 is 0 Å². The van der Waals surface area contributed by atoms with Gasteiger partial charge >= 0.3 is 11.9 Å². The molecule has 118 valence electrons. The molecule has 1 aliphatic carbocycles. The fourth-order valence-electron chi connectivity index (χ4n) is 3.16. The summed E-state index contributed by atoms with van der Waals surface area (Å²) in [7, 11) is 1.36. The summed E-state index contributed by atoms with van der Waals surface area (Å²) in [6, 6.07) is 0. The molecule has 1 heterocycles. The van der Waals surface area contributed by atoms with Crippen LogP contribution in [0.25, 0.3) is 0 Å². The van der Waals surface area contributed by atoms with E-state index in [2.05, 4.69) is 4.74 Å². The van der Waals surface area contributed by atoms with Crippen molar-refractivity contribution in [3.05, 3.63) is 0 Å². The number of piperazine rings is 1. The second kappa shape index (κ2) is 6.89. The lowest BCUT2D eigenvalue weighted by Gasteiger charge is -2.35. The molecule has 2 rings (SSSR count). The third-order valence-corrected chi connectivity index (χ3v) is 4.41. The summed E-state index contributed by atoms with van der Waals surface area (Å²) < 4.78 is 4.62. The summed E-state index contributed by atoms with van der Waals surface area (Å²) in [6.07, 6.45) is 2.06. The zero-order chi connectivity index (χ0) is 15.4. The fraction of sp³-hybridized carbons (Fsp3) is 0.786. The van der Waals surface area contributed by atoms with E-state index in [9.17, 15) is 14.4 Å². The highest BCUT2D eigenvalue weighted by atomic mass is 16.5. The van der Waals surface area contributed by atoms with Gasteiger partial charge in [-0.05, 0) is 12.8 Å². The molecule has 0 spiro atoms. The zero-order valence-electron chi connectivity index (χ0n) is 12.3. The van der Waals surface area contributed by atoms with E-state index in [1.165, 1.54) is 7.11 Å². The standard InChI is InChI=1S/C14H22N2O5/c1-21-12(17)9-15-5-7-16(8-6-15)13(18)10-3-2-4-11(10)14(19)20/h10-11H,2-9H2,1H3,(H,19,20). The number of hydrogen-bond acceptors (Lipinski definition) is 5. The van der Waals surface area contributed by atoms with Gasteiger partial charge in [0.2, 0.25) is 5.91 Å². The largest absolute Gasteiger partial charge is 0.481 e. The minimum atomic E-state index is -0.866. The van der Waals surface area contributed by atoms with E-state index in [1.54, 1.807) is 4.90 Å². The number of hydrogen-bond donors (Lipinski definition) is 1. The van der Waals surface area contributed by atoms with Crippen LogP contribution in [0.5, 0.6) is 0 Å². The van der Waals surface area contributed by atoms with Gasteiger partial charge in [-0.3, -0.25) is 19.3 Å². The number of carboxylic acid groups (broad SMARTS) is 1. The van der Waals surface area contributed by atoms with Gasteiger partial charge in [0.1, 0.15) is 0 Å². The number of aliphatic carboxylic acids is 1. The van der Waals surface area contributed by atoms with Gasteiger partial charge in [0.05, 0.1) is 25.5 Å². The SMILES string of the molecule is COC(=O)CN1CCN(C(=O)C2CCCC2C(=O)O)CC1. The number of carbonyl (C=O) groups is 3. The van der Waals surface area contributed by atoms with E-state index in [1.807, 2.05) is 4.90 Å². The second-order valence-corrected chi connectivity index (χ2v) is 5.66. The third-order valence-electron chi connectivity index (χ3n) is 4.41. The van der Waals surface area contributed by atoms with Gasteiger partial charge in [-0.25, -0.2) is 0 Å². The number of ether oxygens (including phenoxy) is 1. The number of nitrogens with zero attached hydrogens (tertiary/aromatic N) is 2. The Morgan fingerprint density at radius 1 is 1.10 bits per heavy atom. The number of carboxylic acids is 1. The topological polar surface area (TPSA) is 87.2 Å². The van der Waals surface area contributed by atoms with Crippen molar-refractivity contribution in [2.45, 2.75) is 19.3 Å². The van der Waals surface area contributed by atoms with Crippen LogP contribution in [0.1, 0.15) is 19.3 Å². The van der Waals surface area contributed by atoms with Crippen molar-refractivity contribution in [2.75, 3.05) is 39.8 Å². The van der Waals surface area contributed by atoms with E-state index in [0.717, 1.165) is 6.42 Å². The van der Waals surface area contributed by atoms with Crippen molar-refractivity contribution in [1.29, 1.82) is 0 Å². The van der Waals surface area contributed by atoms with Crippen LogP contribution in [-0.4, -0.2) is 72.6 Å². The number of carbonyl (C=O) groups excluding carboxylic acids is 2. The Morgan fingerprint density at radius 3 is 2.29 bits per heavy atom. The predicted molar refractivity (Wildman–Crippen MR) is 73.5 cm³/mol. The molecule has 2 atom stereocenters. The van der Waals surface area contributed by atoms with Crippen LogP contribution in [-0.2, 0) is 19.1 Å². The fourth-order valence-corrected chi connectivity index (χ4v) is 3.16. The molecule has 2 aliphatic rings. The van der Waals surface area contributed by atoms with Crippen molar-refractivity contribution in [3.63, 3.8) is 0 Å². The van der Waals surface area contributed by atoms with Crippen molar-refractivity contribution >= 4 is 17.8 Å². The highest BCUT2D eigenvalue weighted by molar-refractivity contribution is 5.85. The van der Waals surface area contributed by atoms with Crippen LogP contribution >= 0.6 is 0 Å². The molecule has 1 aliphatic heterocycles. The lowest BCUT2D eigenvalue weighted by Crippen LogP contribution is -2.52. The smallest absolute Gasteiger partial charge is 0.319 e. The summed E-state index contributed by atoms with van der Waals surface area (Å²) in [5.74, 6) is -2.11. The van der Waals surface area contributed by atoms with E-state index in [0.29, 0.717) is 39.0 Å². The molecule has 2 fully saturated rings. The predicted octanol–water partition coefficient (Wildman–Crippen LogP) is -0.195. The van der Waals surface area contributed by atoms with Crippen LogP contribution in [0.2, 0.25) is 0 Å². The van der Waals surface area contributed by atoms with Gasteiger partial charge in [-0.1, -0.05) is 6.42 Å². The molecule has 0 bridgehead atoms. The summed E-state index contributed by atoms with van der Waals surface area (Å²) in [4.78, 5) is 38.5. The van der Waals surface area contributed by atoms with Gasteiger partial charge in [0, 0.05) is 26.2 Å². The molecule has 0 radical (unpaired) electrons. The van der Waals surface area contributed by atoms with Crippen LogP contribution in [0.4, 0.5) is 0 Å².